The van der Waals surface area contributed by atoms with Crippen LogP contribution < -0.4 is 5.32 Å². The first-order valence-electron chi connectivity index (χ1n) is 11.2. The molecule has 1 aromatic carbocycles. The van der Waals surface area contributed by atoms with Crippen molar-refractivity contribution >= 4 is 17.3 Å². The summed E-state index contributed by atoms with van der Waals surface area (Å²) in [5.74, 6) is 0. The van der Waals surface area contributed by atoms with Crippen LogP contribution in [-0.2, 0) is 6.54 Å². The average molecular weight is 454 g/mol. The molecule has 33 heavy (non-hydrogen) atoms. The standard InChI is InChI=1S/C27H27N5S/c1-18-9-11-22(12-10-18)32-19(2)15-23(20(32)3)26-25(24-8-4-5-14-29-24)30-27(33)31(26)17-21-7-6-13-28-16-21/h4-16,25-26H,17H2,1-3H3,(H,30,33)/t25-,26+/m1/s1. The first-order valence-corrected chi connectivity index (χ1v) is 11.6. The van der Waals surface area contributed by atoms with Crippen molar-refractivity contribution in [2.45, 2.75) is 39.4 Å². The van der Waals surface area contributed by atoms with Crippen molar-refractivity contribution in [2.24, 2.45) is 0 Å². The zero-order valence-corrected chi connectivity index (χ0v) is 19.9. The number of aromatic nitrogens is 3. The predicted octanol–water partition coefficient (Wildman–Crippen LogP) is 5.37. The SMILES string of the molecule is Cc1ccc(-n2c(C)cc([C@H]3[C@@H](c4ccccn4)NC(=S)N3Cc3cccnc3)c2C)cc1. The van der Waals surface area contributed by atoms with Crippen LogP contribution in [0.3, 0.4) is 0 Å². The maximum Gasteiger partial charge on any atom is 0.170 e. The number of rotatable bonds is 5. The Kier molecular flexibility index (Phi) is 5.68. The highest BCUT2D eigenvalue weighted by Gasteiger charge is 2.41. The highest BCUT2D eigenvalue weighted by molar-refractivity contribution is 7.80. The lowest BCUT2D eigenvalue weighted by Gasteiger charge is -2.28. The molecule has 0 saturated carbocycles. The molecule has 166 valence electrons. The number of hydrogen-bond acceptors (Lipinski definition) is 3. The van der Waals surface area contributed by atoms with E-state index in [1.807, 2.05) is 30.6 Å². The van der Waals surface area contributed by atoms with Crippen LogP contribution in [0.4, 0.5) is 0 Å². The van der Waals surface area contributed by atoms with Gasteiger partial charge in [-0.2, -0.15) is 0 Å². The number of aryl methyl sites for hydroxylation is 2. The van der Waals surface area contributed by atoms with Crippen molar-refractivity contribution in [3.05, 3.63) is 113 Å². The van der Waals surface area contributed by atoms with E-state index in [4.69, 9.17) is 12.2 Å². The smallest absolute Gasteiger partial charge is 0.170 e. The van der Waals surface area contributed by atoms with Gasteiger partial charge in [0.05, 0.1) is 17.8 Å². The Labute approximate surface area is 200 Å². The predicted molar refractivity (Wildman–Crippen MR) is 135 cm³/mol. The quantitative estimate of drug-likeness (QED) is 0.412. The average Bonchev–Trinajstić information content (AvgIpc) is 3.31. The lowest BCUT2D eigenvalue weighted by atomic mass is 9.96. The Hall–Kier alpha value is -3.51. The molecule has 3 aromatic heterocycles. The van der Waals surface area contributed by atoms with E-state index in [9.17, 15) is 0 Å². The van der Waals surface area contributed by atoms with Crippen LogP contribution in [-0.4, -0.2) is 24.5 Å². The van der Waals surface area contributed by atoms with E-state index >= 15 is 0 Å². The molecular weight excluding hydrogens is 426 g/mol. The molecule has 0 unspecified atom stereocenters. The molecule has 5 nitrogen and oxygen atoms in total. The number of nitrogens with zero attached hydrogens (tertiary/aromatic N) is 4. The lowest BCUT2D eigenvalue weighted by Crippen LogP contribution is -2.29. The Morgan fingerprint density at radius 2 is 1.79 bits per heavy atom. The number of thiocarbonyl (C=S) groups is 1. The van der Waals surface area contributed by atoms with Gasteiger partial charge in [0, 0.05) is 42.2 Å². The highest BCUT2D eigenvalue weighted by Crippen LogP contribution is 2.42. The van der Waals surface area contributed by atoms with Gasteiger partial charge in [-0.25, -0.2) is 0 Å². The van der Waals surface area contributed by atoms with Gasteiger partial charge in [-0.05, 0) is 80.5 Å². The van der Waals surface area contributed by atoms with E-state index in [-0.39, 0.29) is 12.1 Å². The Bertz CT molecular complexity index is 1270. The van der Waals surface area contributed by atoms with E-state index in [0.29, 0.717) is 6.54 Å². The van der Waals surface area contributed by atoms with E-state index in [1.165, 1.54) is 28.2 Å². The molecule has 0 radical (unpaired) electrons. The number of nitrogens with one attached hydrogen (secondary N) is 1. The van der Waals surface area contributed by atoms with E-state index in [0.717, 1.165) is 16.4 Å². The minimum absolute atomic E-state index is 0.0120. The fourth-order valence-corrected chi connectivity index (χ4v) is 5.09. The van der Waals surface area contributed by atoms with Crippen molar-refractivity contribution in [1.82, 2.24) is 24.8 Å². The summed E-state index contributed by atoms with van der Waals surface area (Å²) in [6, 6.07) is 21.1. The molecule has 5 rings (SSSR count). The van der Waals surface area contributed by atoms with E-state index in [1.54, 1.807) is 6.20 Å². The summed E-state index contributed by atoms with van der Waals surface area (Å²) >= 11 is 5.84. The second-order valence-corrected chi connectivity index (χ2v) is 9.00. The van der Waals surface area contributed by atoms with Gasteiger partial charge in [0.25, 0.3) is 0 Å². The second-order valence-electron chi connectivity index (χ2n) is 8.61. The normalized spacial score (nSPS) is 17.9. The molecule has 1 N–H and O–H groups in total. The fourth-order valence-electron chi connectivity index (χ4n) is 4.78. The van der Waals surface area contributed by atoms with Crippen molar-refractivity contribution in [3.8, 4) is 5.69 Å². The third-order valence-electron chi connectivity index (χ3n) is 6.35. The van der Waals surface area contributed by atoms with Crippen LogP contribution in [0, 0.1) is 20.8 Å². The molecule has 1 saturated heterocycles. The van der Waals surface area contributed by atoms with Gasteiger partial charge in [0.2, 0.25) is 0 Å². The second kappa shape index (κ2) is 8.79. The summed E-state index contributed by atoms with van der Waals surface area (Å²) in [6.45, 7) is 7.16. The molecule has 1 aliphatic rings. The summed E-state index contributed by atoms with van der Waals surface area (Å²) < 4.78 is 2.33. The zero-order valence-electron chi connectivity index (χ0n) is 19.1. The van der Waals surface area contributed by atoms with Crippen molar-refractivity contribution in [1.29, 1.82) is 0 Å². The molecule has 1 aliphatic heterocycles. The molecule has 4 aromatic rings. The summed E-state index contributed by atoms with van der Waals surface area (Å²) in [5.41, 5.74) is 8.20. The number of hydrogen-bond donors (Lipinski definition) is 1. The summed E-state index contributed by atoms with van der Waals surface area (Å²) in [7, 11) is 0. The van der Waals surface area contributed by atoms with Gasteiger partial charge < -0.3 is 14.8 Å². The summed E-state index contributed by atoms with van der Waals surface area (Å²) in [6.07, 6.45) is 5.55. The maximum atomic E-state index is 5.84. The number of pyridine rings is 2. The van der Waals surface area contributed by atoms with Crippen LogP contribution >= 0.6 is 12.2 Å². The van der Waals surface area contributed by atoms with Gasteiger partial charge in [-0.3, -0.25) is 9.97 Å². The molecule has 0 spiro atoms. The van der Waals surface area contributed by atoms with Gasteiger partial charge in [-0.1, -0.05) is 29.8 Å². The molecule has 2 atom stereocenters. The highest BCUT2D eigenvalue weighted by atomic mass is 32.1. The maximum absolute atomic E-state index is 5.84. The molecule has 0 aliphatic carbocycles. The van der Waals surface area contributed by atoms with Crippen molar-refractivity contribution in [2.75, 3.05) is 0 Å². The Morgan fingerprint density at radius 1 is 0.970 bits per heavy atom. The first-order chi connectivity index (χ1) is 16.0. The van der Waals surface area contributed by atoms with Crippen LogP contribution in [0.2, 0.25) is 0 Å². The van der Waals surface area contributed by atoms with Gasteiger partial charge >= 0.3 is 0 Å². The number of benzene rings is 1. The van der Waals surface area contributed by atoms with Gasteiger partial charge in [0.1, 0.15) is 0 Å². The minimum Gasteiger partial charge on any atom is -0.352 e. The summed E-state index contributed by atoms with van der Waals surface area (Å²) in [5, 5.41) is 4.29. The lowest BCUT2D eigenvalue weighted by molar-refractivity contribution is 0.310. The Balaban J connectivity index is 1.61. The molecule has 6 heteroatoms. The van der Waals surface area contributed by atoms with Crippen LogP contribution in [0.15, 0.2) is 79.3 Å². The molecule has 1 fully saturated rings. The fraction of sp³-hybridized carbons (Fsp3) is 0.222. The molecule has 0 bridgehead atoms. The van der Waals surface area contributed by atoms with Crippen LogP contribution in [0.5, 0.6) is 0 Å². The minimum atomic E-state index is -0.0395. The zero-order chi connectivity index (χ0) is 22.9. The van der Waals surface area contributed by atoms with E-state index in [2.05, 4.69) is 88.0 Å². The molecule has 0 amide bonds. The molecular formula is C27H27N5S. The Morgan fingerprint density at radius 3 is 2.48 bits per heavy atom. The van der Waals surface area contributed by atoms with E-state index < -0.39 is 0 Å². The third kappa shape index (κ3) is 4.02. The van der Waals surface area contributed by atoms with Crippen LogP contribution in [0.1, 0.15) is 45.9 Å². The largest absolute Gasteiger partial charge is 0.352 e. The van der Waals surface area contributed by atoms with Crippen molar-refractivity contribution in [3.63, 3.8) is 0 Å². The van der Waals surface area contributed by atoms with Crippen molar-refractivity contribution < 1.29 is 0 Å². The molecule has 4 heterocycles. The van der Waals surface area contributed by atoms with Gasteiger partial charge in [0.15, 0.2) is 5.11 Å². The topological polar surface area (TPSA) is 46.0 Å². The van der Waals surface area contributed by atoms with Crippen LogP contribution in [0.25, 0.3) is 5.69 Å². The first kappa shape index (κ1) is 21.3. The third-order valence-corrected chi connectivity index (χ3v) is 6.71. The monoisotopic (exact) mass is 453 g/mol. The summed E-state index contributed by atoms with van der Waals surface area (Å²) in [4.78, 5) is 11.2. The van der Waals surface area contributed by atoms with Gasteiger partial charge in [-0.15, -0.1) is 0 Å².